The molecule has 2 saturated carbocycles. The highest BCUT2D eigenvalue weighted by molar-refractivity contribution is 5.24. The van der Waals surface area contributed by atoms with Crippen LogP contribution in [0.5, 0.6) is 0 Å². The Hall–Kier alpha value is -0.560. The summed E-state index contributed by atoms with van der Waals surface area (Å²) in [5.41, 5.74) is 1.90. The first-order valence-electron chi connectivity index (χ1n) is 6.13. The maximum atomic E-state index is 8.68. The number of allylic oxidation sites excluding steroid dienone is 2. The zero-order chi connectivity index (χ0) is 10.9. The monoisotopic (exact) mass is 206 g/mol. The smallest absolute Gasteiger partial charge is 0.0612 e. The molecule has 84 valence electrons. The number of hydrogen-bond donors (Lipinski definition) is 1. The summed E-state index contributed by atoms with van der Waals surface area (Å²) in [6, 6.07) is 0. The van der Waals surface area contributed by atoms with Crippen LogP contribution in [0.4, 0.5) is 0 Å². The van der Waals surface area contributed by atoms with Crippen molar-refractivity contribution < 1.29 is 5.11 Å². The van der Waals surface area contributed by atoms with Gasteiger partial charge in [-0.1, -0.05) is 31.2 Å². The molecule has 2 aliphatic rings. The number of rotatable bonds is 4. The molecule has 0 saturated heterocycles. The average molecular weight is 206 g/mol. The van der Waals surface area contributed by atoms with Crippen LogP contribution in [-0.2, 0) is 0 Å². The average Bonchev–Trinajstić information content (AvgIpc) is 2.78. The van der Waals surface area contributed by atoms with Gasteiger partial charge in [-0.05, 0) is 49.4 Å². The van der Waals surface area contributed by atoms with Crippen LogP contribution >= 0.6 is 0 Å². The molecule has 3 atom stereocenters. The van der Waals surface area contributed by atoms with Gasteiger partial charge < -0.3 is 5.11 Å². The van der Waals surface area contributed by atoms with E-state index in [0.717, 1.165) is 18.3 Å². The molecule has 0 amide bonds. The van der Waals surface area contributed by atoms with Crippen LogP contribution in [0.15, 0.2) is 24.3 Å². The van der Waals surface area contributed by atoms with Crippen molar-refractivity contribution >= 4 is 0 Å². The Morgan fingerprint density at radius 3 is 2.87 bits per heavy atom. The summed E-state index contributed by atoms with van der Waals surface area (Å²) in [5.74, 6) is 1.71. The summed E-state index contributed by atoms with van der Waals surface area (Å²) >= 11 is 0. The van der Waals surface area contributed by atoms with Crippen molar-refractivity contribution in [1.29, 1.82) is 0 Å². The van der Waals surface area contributed by atoms with Gasteiger partial charge in [-0.25, -0.2) is 0 Å². The Kier molecular flexibility index (Phi) is 3.01. The van der Waals surface area contributed by atoms with E-state index in [1.807, 2.05) is 6.08 Å². The number of hydrogen-bond acceptors (Lipinski definition) is 1. The van der Waals surface area contributed by atoms with E-state index >= 15 is 0 Å². The fourth-order valence-electron chi connectivity index (χ4n) is 3.55. The maximum absolute atomic E-state index is 8.68. The molecule has 15 heavy (non-hydrogen) atoms. The molecule has 0 unspecified atom stereocenters. The third-order valence-corrected chi connectivity index (χ3v) is 4.66. The Morgan fingerprint density at radius 2 is 2.27 bits per heavy atom. The van der Waals surface area contributed by atoms with Crippen LogP contribution < -0.4 is 0 Å². The second-order valence-corrected chi connectivity index (χ2v) is 5.34. The Morgan fingerprint density at radius 1 is 1.47 bits per heavy atom. The van der Waals surface area contributed by atoms with E-state index in [4.69, 9.17) is 5.11 Å². The van der Waals surface area contributed by atoms with Gasteiger partial charge in [-0.2, -0.15) is 0 Å². The normalized spacial score (nSPS) is 39.5. The van der Waals surface area contributed by atoms with Crippen LogP contribution in [0.2, 0.25) is 0 Å². The molecule has 0 aromatic heterocycles. The van der Waals surface area contributed by atoms with Crippen LogP contribution in [0.25, 0.3) is 0 Å². The molecular weight excluding hydrogens is 184 g/mol. The molecule has 0 aromatic rings. The Balaban J connectivity index is 1.95. The van der Waals surface area contributed by atoms with E-state index < -0.39 is 0 Å². The SMILES string of the molecule is C=C1[C@@H]2CC[C@@H](C2)[C@@]1(C)CC/C=C\CO. The van der Waals surface area contributed by atoms with Crippen LogP contribution in [0, 0.1) is 17.3 Å². The highest BCUT2D eigenvalue weighted by Gasteiger charge is 2.49. The highest BCUT2D eigenvalue weighted by Crippen LogP contribution is 2.60. The van der Waals surface area contributed by atoms with Crippen LogP contribution in [0.3, 0.4) is 0 Å². The first-order valence-corrected chi connectivity index (χ1v) is 6.13. The topological polar surface area (TPSA) is 20.2 Å². The first kappa shape index (κ1) is 10.9. The predicted octanol–water partition coefficient (Wildman–Crippen LogP) is 3.31. The van der Waals surface area contributed by atoms with Gasteiger partial charge in [0.1, 0.15) is 0 Å². The van der Waals surface area contributed by atoms with Crippen molar-refractivity contribution in [3.05, 3.63) is 24.3 Å². The van der Waals surface area contributed by atoms with Gasteiger partial charge >= 0.3 is 0 Å². The van der Waals surface area contributed by atoms with E-state index in [1.165, 1.54) is 31.3 Å². The molecule has 0 aliphatic heterocycles. The van der Waals surface area contributed by atoms with Gasteiger partial charge in [0.2, 0.25) is 0 Å². The molecule has 2 fully saturated rings. The summed E-state index contributed by atoms with van der Waals surface area (Å²) in [6.07, 6.45) is 10.4. The van der Waals surface area contributed by atoms with Crippen LogP contribution in [0.1, 0.15) is 39.0 Å². The number of aliphatic hydroxyl groups excluding tert-OH is 1. The first-order chi connectivity index (χ1) is 7.18. The fraction of sp³-hybridized carbons (Fsp3) is 0.714. The summed E-state index contributed by atoms with van der Waals surface area (Å²) in [5, 5.41) is 8.68. The van der Waals surface area contributed by atoms with Crippen LogP contribution in [-0.4, -0.2) is 11.7 Å². The lowest BCUT2D eigenvalue weighted by Gasteiger charge is -2.36. The number of fused-ring (bicyclic) bond motifs is 2. The van der Waals surface area contributed by atoms with E-state index in [9.17, 15) is 0 Å². The van der Waals surface area contributed by atoms with E-state index in [-0.39, 0.29) is 6.61 Å². The van der Waals surface area contributed by atoms with Crippen molar-refractivity contribution in [2.24, 2.45) is 17.3 Å². The standard InChI is InChI=1S/C14H22O/c1-11-12-6-7-13(10-12)14(11,2)8-4-3-5-9-15/h3,5,12-13,15H,1,4,6-10H2,2H3/b5-3-/t12-,13+,14+/m1/s1. The van der Waals surface area contributed by atoms with Gasteiger partial charge in [0.25, 0.3) is 0 Å². The summed E-state index contributed by atoms with van der Waals surface area (Å²) in [7, 11) is 0. The highest BCUT2D eigenvalue weighted by atomic mass is 16.2. The van der Waals surface area contributed by atoms with E-state index in [0.29, 0.717) is 5.41 Å². The van der Waals surface area contributed by atoms with Crippen molar-refractivity contribution in [3.63, 3.8) is 0 Å². The molecule has 1 heteroatoms. The largest absolute Gasteiger partial charge is 0.392 e. The number of aliphatic hydroxyl groups is 1. The lowest BCUT2D eigenvalue weighted by molar-refractivity contribution is 0.240. The zero-order valence-corrected chi connectivity index (χ0v) is 9.71. The molecule has 2 bridgehead atoms. The van der Waals surface area contributed by atoms with Crippen molar-refractivity contribution in [2.45, 2.75) is 39.0 Å². The van der Waals surface area contributed by atoms with Gasteiger partial charge in [-0.15, -0.1) is 0 Å². The molecule has 2 aliphatic carbocycles. The Labute approximate surface area is 92.9 Å². The molecule has 0 aromatic carbocycles. The summed E-state index contributed by atoms with van der Waals surface area (Å²) in [4.78, 5) is 0. The van der Waals surface area contributed by atoms with Gasteiger partial charge in [0.05, 0.1) is 6.61 Å². The quantitative estimate of drug-likeness (QED) is 0.700. The molecule has 2 rings (SSSR count). The minimum absolute atomic E-state index is 0.170. The minimum atomic E-state index is 0.170. The van der Waals surface area contributed by atoms with E-state index in [1.54, 1.807) is 0 Å². The van der Waals surface area contributed by atoms with Crippen molar-refractivity contribution in [2.75, 3.05) is 6.61 Å². The van der Waals surface area contributed by atoms with E-state index in [2.05, 4.69) is 19.6 Å². The third-order valence-electron chi connectivity index (χ3n) is 4.66. The second-order valence-electron chi connectivity index (χ2n) is 5.34. The lowest BCUT2D eigenvalue weighted by Crippen LogP contribution is -2.25. The zero-order valence-electron chi connectivity index (χ0n) is 9.71. The van der Waals surface area contributed by atoms with Gasteiger partial charge in [-0.3, -0.25) is 0 Å². The molecule has 1 nitrogen and oxygen atoms in total. The molecule has 0 spiro atoms. The van der Waals surface area contributed by atoms with Gasteiger partial charge in [0.15, 0.2) is 0 Å². The van der Waals surface area contributed by atoms with Crippen molar-refractivity contribution in [3.8, 4) is 0 Å². The maximum Gasteiger partial charge on any atom is 0.0612 e. The molecule has 0 heterocycles. The fourth-order valence-corrected chi connectivity index (χ4v) is 3.55. The Bertz CT molecular complexity index is 279. The second kappa shape index (κ2) is 4.13. The molecule has 0 radical (unpaired) electrons. The van der Waals surface area contributed by atoms with Crippen molar-refractivity contribution in [1.82, 2.24) is 0 Å². The molecule has 1 N–H and O–H groups in total. The predicted molar refractivity (Wildman–Crippen MR) is 63.5 cm³/mol. The summed E-state index contributed by atoms with van der Waals surface area (Å²) < 4.78 is 0. The minimum Gasteiger partial charge on any atom is -0.392 e. The molecular formula is C14H22O. The third kappa shape index (κ3) is 1.78. The van der Waals surface area contributed by atoms with Gasteiger partial charge in [0, 0.05) is 0 Å². The summed E-state index contributed by atoms with van der Waals surface area (Å²) in [6.45, 7) is 6.88. The lowest BCUT2D eigenvalue weighted by atomic mass is 9.69.